The van der Waals surface area contributed by atoms with Gasteiger partial charge in [-0.15, -0.1) is 0 Å². The first-order chi connectivity index (χ1) is 13.3. The summed E-state index contributed by atoms with van der Waals surface area (Å²) >= 11 is 5.85. The number of rotatable bonds is 8. The molecule has 0 radical (unpaired) electrons. The molecule has 2 N–H and O–H groups in total. The molecule has 0 spiro atoms. The van der Waals surface area contributed by atoms with Gasteiger partial charge in [-0.2, -0.15) is 0 Å². The minimum Gasteiger partial charge on any atom is -0.485 e. The van der Waals surface area contributed by atoms with Crippen molar-refractivity contribution >= 4 is 23.3 Å². The van der Waals surface area contributed by atoms with Crippen LogP contribution in [0.1, 0.15) is 24.2 Å². The SMILES string of the molecule is CC(C)(CONc1ccc(Cl)cc1C(=O)O)Oc1cccc(-c2ccoc2)c1. The number of hydrogen-bond donors (Lipinski definition) is 2. The molecule has 0 bridgehead atoms. The number of ether oxygens (including phenoxy) is 1. The number of carbonyl (C=O) groups is 1. The number of carboxylic acid groups (broad SMARTS) is 1. The highest BCUT2D eigenvalue weighted by Gasteiger charge is 2.21. The standard InChI is InChI=1S/C21H20ClNO5/c1-21(2,13-27-23-19-7-6-16(22)11-18(19)20(24)25)28-17-5-3-4-14(10-17)15-8-9-26-12-15/h3-12,23H,13H2,1-2H3,(H,24,25). The molecule has 146 valence electrons. The van der Waals surface area contributed by atoms with Crippen molar-refractivity contribution in [1.29, 1.82) is 0 Å². The second-order valence-electron chi connectivity index (χ2n) is 6.79. The molecule has 0 aliphatic rings. The molecule has 0 saturated heterocycles. The number of furan rings is 1. The monoisotopic (exact) mass is 401 g/mol. The fourth-order valence-corrected chi connectivity index (χ4v) is 2.76. The van der Waals surface area contributed by atoms with E-state index in [1.807, 2.05) is 44.2 Å². The molecule has 0 atom stereocenters. The number of aromatic carboxylic acids is 1. The van der Waals surface area contributed by atoms with E-state index >= 15 is 0 Å². The maximum Gasteiger partial charge on any atom is 0.337 e. The number of nitrogens with one attached hydrogen (secondary N) is 1. The maximum absolute atomic E-state index is 11.3. The van der Waals surface area contributed by atoms with Crippen LogP contribution in [0.2, 0.25) is 5.02 Å². The van der Waals surface area contributed by atoms with E-state index in [0.717, 1.165) is 11.1 Å². The zero-order chi connectivity index (χ0) is 20.1. The van der Waals surface area contributed by atoms with Gasteiger partial charge in [-0.3, -0.25) is 10.3 Å². The predicted octanol–water partition coefficient (Wildman–Crippen LogP) is 5.50. The summed E-state index contributed by atoms with van der Waals surface area (Å²) in [6, 6.07) is 14.0. The van der Waals surface area contributed by atoms with Gasteiger partial charge in [-0.25, -0.2) is 4.79 Å². The van der Waals surface area contributed by atoms with Crippen molar-refractivity contribution in [2.45, 2.75) is 19.4 Å². The third-order valence-corrected chi connectivity index (χ3v) is 4.13. The Bertz CT molecular complexity index is 953. The molecular weight excluding hydrogens is 382 g/mol. The molecule has 7 heteroatoms. The summed E-state index contributed by atoms with van der Waals surface area (Å²) in [4.78, 5) is 16.8. The molecular formula is C21H20ClNO5. The number of anilines is 1. The van der Waals surface area contributed by atoms with E-state index in [4.69, 9.17) is 25.6 Å². The van der Waals surface area contributed by atoms with E-state index in [-0.39, 0.29) is 12.2 Å². The minimum atomic E-state index is -1.10. The van der Waals surface area contributed by atoms with Gasteiger partial charge < -0.3 is 14.3 Å². The first kappa shape index (κ1) is 19.8. The first-order valence-corrected chi connectivity index (χ1v) is 8.94. The molecule has 0 amide bonds. The van der Waals surface area contributed by atoms with Crippen molar-refractivity contribution in [1.82, 2.24) is 0 Å². The van der Waals surface area contributed by atoms with Gasteiger partial charge in [0, 0.05) is 10.6 Å². The molecule has 28 heavy (non-hydrogen) atoms. The molecule has 0 saturated carbocycles. The Morgan fingerprint density at radius 3 is 2.71 bits per heavy atom. The van der Waals surface area contributed by atoms with Crippen LogP contribution in [0.5, 0.6) is 5.75 Å². The Morgan fingerprint density at radius 1 is 1.18 bits per heavy atom. The van der Waals surface area contributed by atoms with Gasteiger partial charge in [0.1, 0.15) is 18.0 Å². The van der Waals surface area contributed by atoms with Gasteiger partial charge in [0.2, 0.25) is 0 Å². The van der Waals surface area contributed by atoms with Crippen LogP contribution in [-0.4, -0.2) is 23.3 Å². The largest absolute Gasteiger partial charge is 0.485 e. The highest BCUT2D eigenvalue weighted by Crippen LogP contribution is 2.27. The van der Waals surface area contributed by atoms with E-state index < -0.39 is 11.6 Å². The van der Waals surface area contributed by atoms with Crippen LogP contribution in [0.3, 0.4) is 0 Å². The highest BCUT2D eigenvalue weighted by atomic mass is 35.5. The molecule has 0 fully saturated rings. The summed E-state index contributed by atoms with van der Waals surface area (Å²) in [6.45, 7) is 3.92. The summed E-state index contributed by atoms with van der Waals surface area (Å²) in [7, 11) is 0. The second kappa shape index (κ2) is 8.37. The lowest BCUT2D eigenvalue weighted by atomic mass is 10.1. The van der Waals surface area contributed by atoms with E-state index in [1.54, 1.807) is 24.7 Å². The molecule has 0 aliphatic heterocycles. The van der Waals surface area contributed by atoms with E-state index in [1.165, 1.54) is 6.07 Å². The molecule has 1 heterocycles. The smallest absolute Gasteiger partial charge is 0.337 e. The van der Waals surface area contributed by atoms with Crippen LogP contribution >= 0.6 is 11.6 Å². The lowest BCUT2D eigenvalue weighted by molar-refractivity contribution is 0.0170. The van der Waals surface area contributed by atoms with Crippen LogP contribution in [0.25, 0.3) is 11.1 Å². The fraction of sp³-hybridized carbons (Fsp3) is 0.190. The van der Waals surface area contributed by atoms with Gasteiger partial charge in [0.25, 0.3) is 0 Å². The predicted molar refractivity (Wildman–Crippen MR) is 107 cm³/mol. The quantitative estimate of drug-likeness (QED) is 0.485. The maximum atomic E-state index is 11.3. The number of hydrogen-bond acceptors (Lipinski definition) is 5. The lowest BCUT2D eigenvalue weighted by Crippen LogP contribution is -2.35. The summed E-state index contributed by atoms with van der Waals surface area (Å²) < 4.78 is 11.2. The summed E-state index contributed by atoms with van der Waals surface area (Å²) in [6.07, 6.45) is 3.29. The summed E-state index contributed by atoms with van der Waals surface area (Å²) in [5.74, 6) is -0.412. The Balaban J connectivity index is 1.62. The lowest BCUT2D eigenvalue weighted by Gasteiger charge is -2.26. The van der Waals surface area contributed by atoms with Crippen molar-refractivity contribution in [2.24, 2.45) is 0 Å². The van der Waals surface area contributed by atoms with Crippen molar-refractivity contribution in [3.8, 4) is 16.9 Å². The molecule has 0 aliphatic carbocycles. The number of carboxylic acids is 1. The van der Waals surface area contributed by atoms with Gasteiger partial charge in [-0.05, 0) is 55.8 Å². The number of halogens is 1. The van der Waals surface area contributed by atoms with Crippen LogP contribution in [0, 0.1) is 0 Å². The van der Waals surface area contributed by atoms with Gasteiger partial charge in [-0.1, -0.05) is 23.7 Å². The topological polar surface area (TPSA) is 80.9 Å². The van der Waals surface area contributed by atoms with E-state index in [9.17, 15) is 9.90 Å². The Labute approximate surface area is 167 Å². The van der Waals surface area contributed by atoms with Crippen molar-refractivity contribution < 1.29 is 23.9 Å². The van der Waals surface area contributed by atoms with E-state index in [0.29, 0.717) is 16.5 Å². The van der Waals surface area contributed by atoms with Crippen molar-refractivity contribution in [2.75, 3.05) is 12.1 Å². The van der Waals surface area contributed by atoms with Crippen LogP contribution in [-0.2, 0) is 4.84 Å². The third-order valence-electron chi connectivity index (χ3n) is 3.90. The van der Waals surface area contributed by atoms with Crippen LogP contribution in [0.4, 0.5) is 5.69 Å². The average Bonchev–Trinajstić information content (AvgIpc) is 3.17. The van der Waals surface area contributed by atoms with Gasteiger partial charge in [0.15, 0.2) is 0 Å². The second-order valence-corrected chi connectivity index (χ2v) is 7.22. The Hall–Kier alpha value is -2.96. The molecule has 1 aromatic heterocycles. The molecule has 2 aromatic carbocycles. The molecule has 0 unspecified atom stereocenters. The average molecular weight is 402 g/mol. The molecule has 3 rings (SSSR count). The highest BCUT2D eigenvalue weighted by molar-refractivity contribution is 6.31. The summed E-state index contributed by atoms with van der Waals surface area (Å²) in [5.41, 5.74) is 4.28. The van der Waals surface area contributed by atoms with Crippen molar-refractivity contribution in [3.05, 3.63) is 71.6 Å². The summed E-state index contributed by atoms with van der Waals surface area (Å²) in [5, 5.41) is 9.60. The normalized spacial score (nSPS) is 11.2. The van der Waals surface area contributed by atoms with Gasteiger partial charge >= 0.3 is 5.97 Å². The first-order valence-electron chi connectivity index (χ1n) is 8.56. The third kappa shape index (κ3) is 5.06. The number of benzene rings is 2. The molecule has 3 aromatic rings. The van der Waals surface area contributed by atoms with Crippen molar-refractivity contribution in [3.63, 3.8) is 0 Å². The van der Waals surface area contributed by atoms with Crippen LogP contribution < -0.4 is 10.2 Å². The minimum absolute atomic E-state index is 0.0269. The Morgan fingerprint density at radius 2 is 2.00 bits per heavy atom. The zero-order valence-electron chi connectivity index (χ0n) is 15.4. The molecule has 6 nitrogen and oxygen atoms in total. The van der Waals surface area contributed by atoms with E-state index in [2.05, 4.69) is 5.48 Å². The van der Waals surface area contributed by atoms with Gasteiger partial charge in [0.05, 0.1) is 23.8 Å². The zero-order valence-corrected chi connectivity index (χ0v) is 16.2. The fourth-order valence-electron chi connectivity index (χ4n) is 2.59. The van der Waals surface area contributed by atoms with Crippen LogP contribution in [0.15, 0.2) is 65.5 Å². The Kier molecular flexibility index (Phi) is 5.92.